The summed E-state index contributed by atoms with van der Waals surface area (Å²) in [5, 5.41) is 7.59. The molecule has 1 aromatic heterocycles. The van der Waals surface area contributed by atoms with Crippen molar-refractivity contribution in [1.82, 2.24) is 20.0 Å². The average Bonchev–Trinajstić information content (AvgIpc) is 3.04. The van der Waals surface area contributed by atoms with E-state index in [9.17, 15) is 9.59 Å². The smallest absolute Gasteiger partial charge is 0.275 e. The van der Waals surface area contributed by atoms with Gasteiger partial charge in [0.25, 0.3) is 5.91 Å². The summed E-state index contributed by atoms with van der Waals surface area (Å²) in [5.74, 6) is 0.243. The van der Waals surface area contributed by atoms with Crippen molar-refractivity contribution in [3.05, 3.63) is 23.9 Å². The largest absolute Gasteiger partial charge is 0.497 e. The molecule has 1 fully saturated rings. The van der Waals surface area contributed by atoms with E-state index in [-0.39, 0.29) is 24.1 Å². The fourth-order valence-electron chi connectivity index (χ4n) is 2.65. The van der Waals surface area contributed by atoms with E-state index in [2.05, 4.69) is 10.2 Å². The molecule has 24 heavy (non-hydrogen) atoms. The first-order valence-electron chi connectivity index (χ1n) is 7.73. The van der Waals surface area contributed by atoms with Crippen LogP contribution in [0.25, 0.3) is 10.9 Å². The zero-order valence-electron chi connectivity index (χ0n) is 13.7. The number of carbonyl (C=O) groups excluding carboxylic acids is 2. The first kappa shape index (κ1) is 16.3. The van der Waals surface area contributed by atoms with Gasteiger partial charge in [-0.2, -0.15) is 5.10 Å². The van der Waals surface area contributed by atoms with E-state index in [1.54, 1.807) is 37.3 Å². The lowest BCUT2D eigenvalue weighted by Crippen LogP contribution is -2.46. The lowest BCUT2D eigenvalue weighted by molar-refractivity contribution is -0.135. The molecule has 2 amide bonds. The number of rotatable bonds is 4. The molecule has 2 aromatic rings. The number of amides is 2. The van der Waals surface area contributed by atoms with Crippen LogP contribution in [0.1, 0.15) is 10.5 Å². The number of morpholine rings is 1. The number of aromatic nitrogens is 2. The fourth-order valence-corrected chi connectivity index (χ4v) is 2.65. The highest BCUT2D eigenvalue weighted by Crippen LogP contribution is 2.22. The van der Waals surface area contributed by atoms with Gasteiger partial charge in [0.05, 0.1) is 32.4 Å². The molecule has 1 aliphatic rings. The number of nitrogens with one attached hydrogen (secondary N) is 1. The maximum absolute atomic E-state index is 12.6. The van der Waals surface area contributed by atoms with Gasteiger partial charge in [0.1, 0.15) is 5.75 Å². The van der Waals surface area contributed by atoms with E-state index in [1.807, 2.05) is 0 Å². The summed E-state index contributed by atoms with van der Waals surface area (Å²) in [6.45, 7) is 2.20. The molecule has 0 spiro atoms. The van der Waals surface area contributed by atoms with Gasteiger partial charge in [-0.3, -0.25) is 14.7 Å². The second kappa shape index (κ2) is 6.88. The number of nitrogens with zero attached hydrogens (tertiary/aromatic N) is 3. The van der Waals surface area contributed by atoms with Crippen LogP contribution in [0.15, 0.2) is 18.2 Å². The van der Waals surface area contributed by atoms with Crippen LogP contribution < -0.4 is 4.74 Å². The van der Waals surface area contributed by atoms with Gasteiger partial charge in [-0.1, -0.05) is 0 Å². The SMILES string of the molecule is COc1ccc2[nH]nc(C(=O)N(C)CC(=O)N3CCOCC3)c2c1. The van der Waals surface area contributed by atoms with E-state index in [4.69, 9.17) is 9.47 Å². The first-order valence-corrected chi connectivity index (χ1v) is 7.73. The molecule has 128 valence electrons. The van der Waals surface area contributed by atoms with Crippen LogP contribution >= 0.6 is 0 Å². The monoisotopic (exact) mass is 332 g/mol. The van der Waals surface area contributed by atoms with Crippen LogP contribution in [0.2, 0.25) is 0 Å². The number of ether oxygens (including phenoxy) is 2. The van der Waals surface area contributed by atoms with E-state index in [0.717, 1.165) is 5.52 Å². The third-order valence-electron chi connectivity index (χ3n) is 4.06. The molecule has 3 rings (SSSR count). The molecule has 0 radical (unpaired) electrons. The van der Waals surface area contributed by atoms with Crippen molar-refractivity contribution in [2.45, 2.75) is 0 Å². The summed E-state index contributed by atoms with van der Waals surface area (Å²) in [6, 6.07) is 5.35. The van der Waals surface area contributed by atoms with E-state index in [1.165, 1.54) is 4.90 Å². The molecule has 8 heteroatoms. The first-order chi connectivity index (χ1) is 11.6. The summed E-state index contributed by atoms with van der Waals surface area (Å²) in [5.41, 5.74) is 1.02. The molecule has 0 aliphatic carbocycles. The van der Waals surface area contributed by atoms with Crippen LogP contribution in [-0.4, -0.2) is 78.8 Å². The summed E-state index contributed by atoms with van der Waals surface area (Å²) in [6.07, 6.45) is 0. The Kier molecular flexibility index (Phi) is 4.66. The van der Waals surface area contributed by atoms with Crippen LogP contribution in [-0.2, 0) is 9.53 Å². The Morgan fingerprint density at radius 1 is 1.38 bits per heavy atom. The van der Waals surface area contributed by atoms with Gasteiger partial charge in [0.2, 0.25) is 5.91 Å². The molecule has 1 saturated heterocycles. The number of benzene rings is 1. The highest BCUT2D eigenvalue weighted by atomic mass is 16.5. The predicted molar refractivity (Wildman–Crippen MR) is 87.0 cm³/mol. The Bertz CT molecular complexity index is 752. The third-order valence-corrected chi connectivity index (χ3v) is 4.06. The number of aromatic amines is 1. The van der Waals surface area contributed by atoms with Crippen molar-refractivity contribution in [2.24, 2.45) is 0 Å². The predicted octanol–water partition coefficient (Wildman–Crippen LogP) is 0.502. The molecule has 0 bridgehead atoms. The quantitative estimate of drug-likeness (QED) is 0.881. The number of H-pyrrole nitrogens is 1. The zero-order valence-corrected chi connectivity index (χ0v) is 13.7. The normalized spacial score (nSPS) is 14.7. The van der Waals surface area contributed by atoms with Gasteiger partial charge in [-0.05, 0) is 18.2 Å². The number of hydrogen-bond donors (Lipinski definition) is 1. The van der Waals surface area contributed by atoms with E-state index >= 15 is 0 Å². The number of methoxy groups -OCH3 is 1. The number of fused-ring (bicyclic) bond motifs is 1. The van der Waals surface area contributed by atoms with Gasteiger partial charge >= 0.3 is 0 Å². The number of carbonyl (C=O) groups is 2. The molecule has 1 aromatic carbocycles. The van der Waals surface area contributed by atoms with Crippen molar-refractivity contribution in [3.8, 4) is 5.75 Å². The molecule has 0 unspecified atom stereocenters. The minimum Gasteiger partial charge on any atom is -0.497 e. The molecule has 0 saturated carbocycles. The average molecular weight is 332 g/mol. The second-order valence-electron chi connectivity index (χ2n) is 5.64. The highest BCUT2D eigenvalue weighted by molar-refractivity contribution is 6.05. The maximum atomic E-state index is 12.6. The number of likely N-dealkylation sites (N-methyl/N-ethyl adjacent to an activating group) is 1. The van der Waals surface area contributed by atoms with Crippen molar-refractivity contribution >= 4 is 22.7 Å². The molecule has 1 N–H and O–H groups in total. The Hall–Kier alpha value is -2.61. The molecular formula is C16H20N4O4. The van der Waals surface area contributed by atoms with Gasteiger partial charge in [0.15, 0.2) is 5.69 Å². The lowest BCUT2D eigenvalue weighted by atomic mass is 10.2. The maximum Gasteiger partial charge on any atom is 0.275 e. The van der Waals surface area contributed by atoms with Crippen molar-refractivity contribution in [2.75, 3.05) is 47.0 Å². The van der Waals surface area contributed by atoms with E-state index < -0.39 is 0 Å². The Morgan fingerprint density at radius 3 is 2.83 bits per heavy atom. The van der Waals surface area contributed by atoms with Crippen LogP contribution in [0, 0.1) is 0 Å². The van der Waals surface area contributed by atoms with Crippen molar-refractivity contribution in [1.29, 1.82) is 0 Å². The highest BCUT2D eigenvalue weighted by Gasteiger charge is 2.23. The minimum atomic E-state index is -0.309. The third kappa shape index (κ3) is 3.18. The summed E-state index contributed by atoms with van der Waals surface area (Å²) in [7, 11) is 3.16. The Labute approximate surface area is 139 Å². The van der Waals surface area contributed by atoms with E-state index in [0.29, 0.717) is 37.4 Å². The van der Waals surface area contributed by atoms with Crippen molar-refractivity contribution in [3.63, 3.8) is 0 Å². The summed E-state index contributed by atoms with van der Waals surface area (Å²) in [4.78, 5) is 28.0. The fraction of sp³-hybridized carbons (Fsp3) is 0.438. The molecule has 1 aliphatic heterocycles. The summed E-state index contributed by atoms with van der Waals surface area (Å²) < 4.78 is 10.4. The van der Waals surface area contributed by atoms with Crippen molar-refractivity contribution < 1.29 is 19.1 Å². The molecular weight excluding hydrogens is 312 g/mol. The molecule has 2 heterocycles. The van der Waals surface area contributed by atoms with Gasteiger partial charge in [0, 0.05) is 25.5 Å². The molecule has 0 atom stereocenters. The van der Waals surface area contributed by atoms with Gasteiger partial charge < -0.3 is 19.3 Å². The van der Waals surface area contributed by atoms with Crippen LogP contribution in [0.3, 0.4) is 0 Å². The zero-order chi connectivity index (χ0) is 17.1. The minimum absolute atomic E-state index is 0.0111. The molecule has 8 nitrogen and oxygen atoms in total. The number of hydrogen-bond acceptors (Lipinski definition) is 5. The standard InChI is InChI=1S/C16H20N4O4/c1-19(10-14(21)20-5-7-24-8-6-20)16(22)15-12-9-11(23-2)3-4-13(12)17-18-15/h3-4,9H,5-8,10H2,1-2H3,(H,17,18). The lowest BCUT2D eigenvalue weighted by Gasteiger charge is -2.28. The Morgan fingerprint density at radius 2 is 2.12 bits per heavy atom. The second-order valence-corrected chi connectivity index (χ2v) is 5.64. The topological polar surface area (TPSA) is 87.8 Å². The Balaban J connectivity index is 1.74. The van der Waals surface area contributed by atoms with Gasteiger partial charge in [-0.25, -0.2) is 0 Å². The van der Waals surface area contributed by atoms with Crippen LogP contribution in [0.5, 0.6) is 5.75 Å². The van der Waals surface area contributed by atoms with Crippen LogP contribution in [0.4, 0.5) is 0 Å². The summed E-state index contributed by atoms with van der Waals surface area (Å²) >= 11 is 0. The van der Waals surface area contributed by atoms with Gasteiger partial charge in [-0.15, -0.1) is 0 Å².